The number of ether oxygens (including phenoxy) is 1. The second-order valence-corrected chi connectivity index (χ2v) is 9.64. The third kappa shape index (κ3) is 7.30. The van der Waals surface area contributed by atoms with E-state index in [1.54, 1.807) is 13.2 Å². The molecule has 2 heterocycles. The molecule has 0 aliphatic carbocycles. The summed E-state index contributed by atoms with van der Waals surface area (Å²) < 4.78 is 5.41. The fraction of sp³-hybridized carbons (Fsp3) is 0.680. The van der Waals surface area contributed by atoms with Crippen LogP contribution in [0.25, 0.3) is 0 Å². The summed E-state index contributed by atoms with van der Waals surface area (Å²) >= 11 is 6.06. The van der Waals surface area contributed by atoms with Crippen LogP contribution in [0.4, 0.5) is 0 Å². The van der Waals surface area contributed by atoms with Gasteiger partial charge in [-0.3, -0.25) is 14.7 Å². The van der Waals surface area contributed by atoms with Crippen LogP contribution in [-0.2, 0) is 9.53 Å². The number of likely N-dealkylation sites (tertiary alicyclic amines) is 1. The number of rotatable bonds is 8. The molecular formula is C25H40ClN3O2. The van der Waals surface area contributed by atoms with Gasteiger partial charge in [-0.25, -0.2) is 0 Å². The van der Waals surface area contributed by atoms with Crippen LogP contribution in [0.1, 0.15) is 60.8 Å². The predicted octanol–water partition coefficient (Wildman–Crippen LogP) is 4.87. The third-order valence-electron chi connectivity index (χ3n) is 6.57. The van der Waals surface area contributed by atoms with Crippen LogP contribution in [0.2, 0.25) is 0 Å². The maximum absolute atomic E-state index is 12.6. The Kier molecular flexibility index (Phi) is 9.98. The Labute approximate surface area is 193 Å². The predicted molar refractivity (Wildman–Crippen MR) is 131 cm³/mol. The van der Waals surface area contributed by atoms with Crippen LogP contribution >= 0.6 is 11.6 Å². The number of aliphatic imine (C=N–C) groups is 1. The third-order valence-corrected chi connectivity index (χ3v) is 6.84. The first-order valence-corrected chi connectivity index (χ1v) is 11.9. The molecule has 0 aromatic heterocycles. The van der Waals surface area contributed by atoms with Gasteiger partial charge in [0.15, 0.2) is 0 Å². The Morgan fingerprint density at radius 3 is 2.65 bits per heavy atom. The van der Waals surface area contributed by atoms with Gasteiger partial charge in [0.2, 0.25) is 0 Å². The van der Waals surface area contributed by atoms with E-state index in [9.17, 15) is 4.79 Å². The maximum atomic E-state index is 12.6. The Morgan fingerprint density at radius 1 is 1.35 bits per heavy atom. The number of carbonyl (C=O) groups excluding carboxylic acids is 1. The normalized spacial score (nSPS) is 27.8. The van der Waals surface area contributed by atoms with Crippen molar-refractivity contribution in [2.75, 3.05) is 13.7 Å². The number of alkyl halides is 1. The standard InChI is InChI=1S/C25H40ClN3O2/c1-16(2)19(5)22(12-11-18(4)31-7)20(6)29-14-13-21(15-17(29)3)27-25(30)23-9-8-10-24(26)28-23/h8-9,11-12,16-18,20-21,24H,10,13-15H2,1-7H3,(H,27,30)/b12-11-,22-19+. The molecule has 5 nitrogen and oxygen atoms in total. The van der Waals surface area contributed by atoms with Gasteiger partial charge in [0, 0.05) is 38.2 Å². The van der Waals surface area contributed by atoms with E-state index in [1.807, 2.05) is 6.08 Å². The number of carbonyl (C=O) groups is 1. The lowest BCUT2D eigenvalue weighted by atomic mass is 9.89. The monoisotopic (exact) mass is 449 g/mol. The fourth-order valence-electron chi connectivity index (χ4n) is 4.26. The van der Waals surface area contributed by atoms with E-state index in [-0.39, 0.29) is 23.6 Å². The van der Waals surface area contributed by atoms with Crippen molar-refractivity contribution in [2.45, 2.75) is 90.5 Å². The molecule has 1 amide bonds. The van der Waals surface area contributed by atoms with E-state index in [0.717, 1.165) is 19.4 Å². The Morgan fingerprint density at radius 2 is 2.06 bits per heavy atom. The van der Waals surface area contributed by atoms with Crippen molar-refractivity contribution >= 4 is 23.2 Å². The van der Waals surface area contributed by atoms with E-state index in [4.69, 9.17) is 16.3 Å². The number of piperidine rings is 1. The average molecular weight is 450 g/mol. The Hall–Kier alpha value is -1.43. The van der Waals surface area contributed by atoms with Gasteiger partial charge in [0.05, 0.1) is 6.10 Å². The van der Waals surface area contributed by atoms with Gasteiger partial charge in [-0.05, 0) is 58.1 Å². The summed E-state index contributed by atoms with van der Waals surface area (Å²) in [7, 11) is 1.74. The fourth-order valence-corrected chi connectivity index (χ4v) is 4.47. The number of amides is 1. The summed E-state index contributed by atoms with van der Waals surface area (Å²) in [5.74, 6) is 0.371. The lowest BCUT2D eigenvalue weighted by Gasteiger charge is -2.42. The molecule has 2 rings (SSSR count). The van der Waals surface area contributed by atoms with Gasteiger partial charge in [-0.2, -0.15) is 0 Å². The zero-order chi connectivity index (χ0) is 23.1. The number of hydrogen-bond acceptors (Lipinski definition) is 4. The number of methoxy groups -OCH3 is 1. The zero-order valence-corrected chi connectivity index (χ0v) is 20.9. The number of nitrogens with zero attached hydrogens (tertiary/aromatic N) is 2. The first-order valence-electron chi connectivity index (χ1n) is 11.5. The van der Waals surface area contributed by atoms with E-state index in [2.05, 4.69) is 68.9 Å². The van der Waals surface area contributed by atoms with Crippen LogP contribution in [-0.4, -0.2) is 59.9 Å². The quantitative estimate of drug-likeness (QED) is 0.326. The highest BCUT2D eigenvalue weighted by molar-refractivity contribution is 6.44. The molecule has 0 bridgehead atoms. The highest BCUT2D eigenvalue weighted by Crippen LogP contribution is 2.27. The van der Waals surface area contributed by atoms with Gasteiger partial charge < -0.3 is 10.1 Å². The van der Waals surface area contributed by atoms with Crippen LogP contribution in [0.5, 0.6) is 0 Å². The summed E-state index contributed by atoms with van der Waals surface area (Å²) in [6, 6.07) is 0.819. The topological polar surface area (TPSA) is 53.9 Å². The molecule has 174 valence electrons. The number of allylic oxidation sites excluding steroid dienone is 1. The zero-order valence-electron chi connectivity index (χ0n) is 20.2. The highest BCUT2D eigenvalue weighted by Gasteiger charge is 2.31. The number of nitrogens with one attached hydrogen (secondary N) is 1. The molecule has 0 aromatic rings. The van der Waals surface area contributed by atoms with Crippen molar-refractivity contribution in [3.05, 3.63) is 35.5 Å². The smallest absolute Gasteiger partial charge is 0.269 e. The van der Waals surface area contributed by atoms with Crippen molar-refractivity contribution in [1.82, 2.24) is 10.2 Å². The molecule has 1 N–H and O–H groups in total. The molecular weight excluding hydrogens is 410 g/mol. The molecule has 5 unspecified atom stereocenters. The van der Waals surface area contributed by atoms with E-state index in [0.29, 0.717) is 30.1 Å². The number of hydrogen-bond donors (Lipinski definition) is 1. The minimum absolute atomic E-state index is 0.0878. The summed E-state index contributed by atoms with van der Waals surface area (Å²) in [4.78, 5) is 19.4. The number of dihydropyridines is 1. The van der Waals surface area contributed by atoms with Crippen LogP contribution < -0.4 is 5.32 Å². The SMILES string of the molecule is COC(C)/C=C\C(=C(\C)C(C)C)C(C)N1CCC(NC(=O)C2=NC(Cl)CC=C2)CC1C. The highest BCUT2D eigenvalue weighted by atomic mass is 35.5. The molecule has 31 heavy (non-hydrogen) atoms. The summed E-state index contributed by atoms with van der Waals surface area (Å²) in [6.07, 6.45) is 10.7. The van der Waals surface area contributed by atoms with Crippen molar-refractivity contribution in [3.63, 3.8) is 0 Å². The van der Waals surface area contributed by atoms with Crippen molar-refractivity contribution in [1.29, 1.82) is 0 Å². The van der Waals surface area contributed by atoms with Gasteiger partial charge in [0.1, 0.15) is 11.2 Å². The molecule has 2 aliphatic heterocycles. The van der Waals surface area contributed by atoms with Gasteiger partial charge in [-0.15, -0.1) is 0 Å². The van der Waals surface area contributed by atoms with Gasteiger partial charge in [-0.1, -0.05) is 49.2 Å². The van der Waals surface area contributed by atoms with Gasteiger partial charge >= 0.3 is 0 Å². The molecule has 2 aliphatic rings. The van der Waals surface area contributed by atoms with Gasteiger partial charge in [0.25, 0.3) is 5.91 Å². The molecule has 1 saturated heterocycles. The molecule has 5 atom stereocenters. The largest absolute Gasteiger partial charge is 0.378 e. The molecule has 0 saturated carbocycles. The molecule has 1 fully saturated rings. The average Bonchev–Trinajstić information content (AvgIpc) is 2.73. The summed E-state index contributed by atoms with van der Waals surface area (Å²) in [6.45, 7) is 14.3. The lowest BCUT2D eigenvalue weighted by molar-refractivity contribution is -0.115. The molecule has 0 aromatic carbocycles. The molecule has 0 radical (unpaired) electrons. The Bertz CT molecular complexity index is 741. The maximum Gasteiger partial charge on any atom is 0.269 e. The van der Waals surface area contributed by atoms with E-state index >= 15 is 0 Å². The minimum atomic E-state index is -0.337. The van der Waals surface area contributed by atoms with Crippen LogP contribution in [0, 0.1) is 5.92 Å². The minimum Gasteiger partial charge on any atom is -0.378 e. The van der Waals surface area contributed by atoms with Crippen LogP contribution in [0.15, 0.2) is 40.4 Å². The van der Waals surface area contributed by atoms with Crippen molar-refractivity contribution in [3.8, 4) is 0 Å². The number of halogens is 1. The lowest BCUT2D eigenvalue weighted by Crippen LogP contribution is -2.53. The Balaban J connectivity index is 2.06. The van der Waals surface area contributed by atoms with Crippen molar-refractivity contribution in [2.24, 2.45) is 10.9 Å². The van der Waals surface area contributed by atoms with E-state index in [1.165, 1.54) is 11.1 Å². The first kappa shape index (κ1) is 25.8. The molecule has 6 heteroatoms. The summed E-state index contributed by atoms with van der Waals surface area (Å²) in [5, 5.41) is 3.17. The van der Waals surface area contributed by atoms with E-state index < -0.39 is 0 Å². The van der Waals surface area contributed by atoms with Crippen LogP contribution in [0.3, 0.4) is 0 Å². The second kappa shape index (κ2) is 12.0. The second-order valence-electron chi connectivity index (χ2n) is 9.14. The van der Waals surface area contributed by atoms with Crippen molar-refractivity contribution < 1.29 is 9.53 Å². The summed E-state index contributed by atoms with van der Waals surface area (Å²) in [5.41, 5.74) is 2.87. The molecule has 0 spiro atoms. The first-order chi connectivity index (χ1) is 14.6.